The second-order valence-electron chi connectivity index (χ2n) is 4.95. The predicted molar refractivity (Wildman–Crippen MR) is 53.4 cm³/mol. The van der Waals surface area contributed by atoms with Crippen molar-refractivity contribution in [3.05, 3.63) is 0 Å². The number of nitrogens with two attached hydrogens (primary N) is 1. The summed E-state index contributed by atoms with van der Waals surface area (Å²) in [6, 6.07) is 0.116. The van der Waals surface area contributed by atoms with Gasteiger partial charge in [0.2, 0.25) is 0 Å². The highest BCUT2D eigenvalue weighted by Crippen LogP contribution is 2.38. The molecular formula is C10H20F2N2. The minimum absolute atomic E-state index is 0.00579. The van der Waals surface area contributed by atoms with E-state index in [-0.39, 0.29) is 24.0 Å². The first-order valence-electron chi connectivity index (χ1n) is 5.08. The Hall–Kier alpha value is -0.220. The molecule has 0 bridgehead atoms. The lowest BCUT2D eigenvalue weighted by Gasteiger charge is -2.32. The molecule has 2 unspecified atom stereocenters. The summed E-state index contributed by atoms with van der Waals surface area (Å²) in [7, 11) is 1.73. The molecule has 0 saturated heterocycles. The van der Waals surface area contributed by atoms with Crippen molar-refractivity contribution in [3.63, 3.8) is 0 Å². The summed E-state index contributed by atoms with van der Waals surface area (Å²) in [5, 5.41) is 0. The summed E-state index contributed by atoms with van der Waals surface area (Å²) < 4.78 is 24.4. The summed E-state index contributed by atoms with van der Waals surface area (Å²) >= 11 is 0. The summed E-state index contributed by atoms with van der Waals surface area (Å²) in [4.78, 5) is 1.70. The predicted octanol–water partition coefficient (Wildman–Crippen LogP) is 1.70. The molecule has 0 aromatic rings. The number of likely N-dealkylation sites (N-methyl/N-ethyl adjacent to an activating group) is 1. The lowest BCUT2D eigenvalue weighted by Crippen LogP contribution is -2.48. The number of nitrogens with zero attached hydrogens (tertiary/aromatic N) is 1. The molecule has 0 aliphatic heterocycles. The van der Waals surface area contributed by atoms with Gasteiger partial charge in [-0.1, -0.05) is 13.8 Å². The van der Waals surface area contributed by atoms with Crippen LogP contribution in [0.25, 0.3) is 0 Å². The van der Waals surface area contributed by atoms with E-state index in [1.54, 1.807) is 11.9 Å². The average Bonchev–Trinajstić information content (AvgIpc) is 2.26. The Morgan fingerprint density at radius 1 is 1.50 bits per heavy atom. The molecule has 0 heterocycles. The third-order valence-electron chi connectivity index (χ3n) is 3.39. The van der Waals surface area contributed by atoms with Crippen molar-refractivity contribution in [1.29, 1.82) is 0 Å². The molecule has 1 rings (SSSR count). The van der Waals surface area contributed by atoms with E-state index in [0.29, 0.717) is 0 Å². The molecule has 0 aromatic heterocycles. The molecule has 1 saturated carbocycles. The summed E-state index contributed by atoms with van der Waals surface area (Å²) in [5.41, 5.74) is 6.13. The van der Waals surface area contributed by atoms with Crippen LogP contribution in [-0.2, 0) is 0 Å². The Kier molecular flexibility index (Phi) is 3.48. The highest BCUT2D eigenvalue weighted by atomic mass is 19.3. The van der Waals surface area contributed by atoms with E-state index in [2.05, 4.69) is 13.8 Å². The Bertz CT molecular complexity index is 195. The second kappa shape index (κ2) is 4.11. The molecule has 14 heavy (non-hydrogen) atoms. The Morgan fingerprint density at radius 3 is 2.43 bits per heavy atom. The molecule has 0 aromatic carbocycles. The van der Waals surface area contributed by atoms with Crippen molar-refractivity contribution in [2.24, 2.45) is 11.1 Å². The maximum absolute atomic E-state index is 12.2. The van der Waals surface area contributed by atoms with Gasteiger partial charge in [-0.25, -0.2) is 8.78 Å². The normalized spacial score (nSPS) is 31.7. The Morgan fingerprint density at radius 2 is 2.07 bits per heavy atom. The molecule has 1 aliphatic carbocycles. The molecule has 2 N–H and O–H groups in total. The van der Waals surface area contributed by atoms with Crippen LogP contribution in [0, 0.1) is 5.41 Å². The molecule has 84 valence electrons. The van der Waals surface area contributed by atoms with Gasteiger partial charge in [-0.2, -0.15) is 0 Å². The highest BCUT2D eigenvalue weighted by molar-refractivity contribution is 4.98. The third kappa shape index (κ3) is 2.42. The Labute approximate surface area is 84.4 Å². The van der Waals surface area contributed by atoms with E-state index >= 15 is 0 Å². The maximum atomic E-state index is 12.2. The van der Waals surface area contributed by atoms with Crippen molar-refractivity contribution in [3.8, 4) is 0 Å². The first-order chi connectivity index (χ1) is 6.34. The van der Waals surface area contributed by atoms with Gasteiger partial charge in [0.1, 0.15) is 0 Å². The zero-order chi connectivity index (χ0) is 10.9. The number of hydrogen-bond acceptors (Lipinski definition) is 2. The highest BCUT2D eigenvalue weighted by Gasteiger charge is 2.41. The molecule has 2 nitrogen and oxygen atoms in total. The monoisotopic (exact) mass is 206 g/mol. The average molecular weight is 206 g/mol. The first kappa shape index (κ1) is 11.9. The van der Waals surface area contributed by atoms with E-state index in [1.165, 1.54) is 0 Å². The van der Waals surface area contributed by atoms with Gasteiger partial charge in [0.25, 0.3) is 6.43 Å². The van der Waals surface area contributed by atoms with Gasteiger partial charge in [0.15, 0.2) is 0 Å². The SMILES string of the molecule is CN(CC(F)F)C1CCC(C)(C)C1N. The number of halogens is 2. The summed E-state index contributed by atoms with van der Waals surface area (Å²) in [6.45, 7) is 4.04. The molecular weight excluding hydrogens is 186 g/mol. The van der Waals surface area contributed by atoms with Crippen LogP contribution >= 0.6 is 0 Å². The molecule has 0 amide bonds. The van der Waals surface area contributed by atoms with Crippen molar-refractivity contribution < 1.29 is 8.78 Å². The minimum Gasteiger partial charge on any atom is -0.326 e. The molecule has 0 spiro atoms. The lowest BCUT2D eigenvalue weighted by molar-refractivity contribution is 0.0743. The van der Waals surface area contributed by atoms with Crippen LogP contribution in [-0.4, -0.2) is 37.0 Å². The first-order valence-corrected chi connectivity index (χ1v) is 5.08. The lowest BCUT2D eigenvalue weighted by atomic mass is 9.87. The van der Waals surface area contributed by atoms with Crippen molar-refractivity contribution in [2.75, 3.05) is 13.6 Å². The second-order valence-corrected chi connectivity index (χ2v) is 4.95. The van der Waals surface area contributed by atoms with Gasteiger partial charge in [-0.05, 0) is 25.3 Å². The van der Waals surface area contributed by atoms with Crippen LogP contribution in [0.3, 0.4) is 0 Å². The van der Waals surface area contributed by atoms with Crippen molar-refractivity contribution >= 4 is 0 Å². The zero-order valence-electron chi connectivity index (χ0n) is 9.13. The van der Waals surface area contributed by atoms with Crippen LogP contribution in [0.5, 0.6) is 0 Å². The van der Waals surface area contributed by atoms with E-state index in [0.717, 1.165) is 12.8 Å². The molecule has 1 aliphatic rings. The number of hydrogen-bond donors (Lipinski definition) is 1. The van der Waals surface area contributed by atoms with Crippen LogP contribution in [0.4, 0.5) is 8.78 Å². The van der Waals surface area contributed by atoms with Crippen LogP contribution < -0.4 is 5.73 Å². The van der Waals surface area contributed by atoms with Crippen molar-refractivity contribution in [2.45, 2.75) is 45.2 Å². The molecule has 1 fully saturated rings. The topological polar surface area (TPSA) is 29.3 Å². The van der Waals surface area contributed by atoms with Gasteiger partial charge in [-0.3, -0.25) is 4.90 Å². The fraction of sp³-hybridized carbons (Fsp3) is 1.00. The Balaban J connectivity index is 2.54. The molecule has 2 atom stereocenters. The number of rotatable bonds is 3. The maximum Gasteiger partial charge on any atom is 0.251 e. The van der Waals surface area contributed by atoms with Gasteiger partial charge < -0.3 is 5.73 Å². The third-order valence-corrected chi connectivity index (χ3v) is 3.39. The van der Waals surface area contributed by atoms with Gasteiger partial charge >= 0.3 is 0 Å². The standard InChI is InChI=1S/C10H20F2N2/c1-10(2)5-4-7(9(10)13)14(3)6-8(11)12/h7-9H,4-6,13H2,1-3H3. The van der Waals surface area contributed by atoms with Crippen LogP contribution in [0.15, 0.2) is 0 Å². The van der Waals surface area contributed by atoms with E-state index < -0.39 is 6.43 Å². The van der Waals surface area contributed by atoms with Crippen LogP contribution in [0.1, 0.15) is 26.7 Å². The van der Waals surface area contributed by atoms with E-state index in [9.17, 15) is 8.78 Å². The van der Waals surface area contributed by atoms with Crippen LogP contribution in [0.2, 0.25) is 0 Å². The van der Waals surface area contributed by atoms with E-state index in [1.807, 2.05) is 0 Å². The van der Waals surface area contributed by atoms with Crippen molar-refractivity contribution in [1.82, 2.24) is 4.90 Å². The minimum atomic E-state index is -2.27. The summed E-state index contributed by atoms with van der Waals surface area (Å²) in [6.07, 6.45) is -0.319. The smallest absolute Gasteiger partial charge is 0.251 e. The largest absolute Gasteiger partial charge is 0.326 e. The zero-order valence-corrected chi connectivity index (χ0v) is 9.13. The van der Waals surface area contributed by atoms with E-state index in [4.69, 9.17) is 5.73 Å². The fourth-order valence-electron chi connectivity index (χ4n) is 2.23. The number of alkyl halides is 2. The van der Waals surface area contributed by atoms with Gasteiger partial charge in [-0.15, -0.1) is 0 Å². The summed E-state index contributed by atoms with van der Waals surface area (Å²) in [5.74, 6) is 0. The quantitative estimate of drug-likeness (QED) is 0.761. The van der Waals surface area contributed by atoms with Gasteiger partial charge in [0.05, 0.1) is 6.54 Å². The molecule has 4 heteroatoms. The van der Waals surface area contributed by atoms with Gasteiger partial charge in [0, 0.05) is 12.1 Å². The molecule has 0 radical (unpaired) electrons. The fourth-order valence-corrected chi connectivity index (χ4v) is 2.23.